The molecule has 7 nitrogen and oxygen atoms in total. The molecule has 1 saturated heterocycles. The number of halogens is 1. The molecule has 29 heavy (non-hydrogen) atoms. The van der Waals surface area contributed by atoms with Crippen LogP contribution in [0.25, 0.3) is 0 Å². The van der Waals surface area contributed by atoms with E-state index in [1.807, 2.05) is 29.5 Å². The molecule has 1 fully saturated rings. The molecule has 1 amide bonds. The van der Waals surface area contributed by atoms with Crippen LogP contribution in [0.15, 0.2) is 45.1 Å². The van der Waals surface area contributed by atoms with Gasteiger partial charge in [-0.25, -0.2) is 8.42 Å². The summed E-state index contributed by atoms with van der Waals surface area (Å²) < 4.78 is 28.2. The molecule has 0 aliphatic carbocycles. The Morgan fingerprint density at radius 2 is 1.97 bits per heavy atom. The first-order valence-corrected chi connectivity index (χ1v) is 12.1. The van der Waals surface area contributed by atoms with E-state index in [4.69, 9.17) is 0 Å². The summed E-state index contributed by atoms with van der Waals surface area (Å²) in [6.07, 6.45) is 0. The zero-order valence-corrected chi connectivity index (χ0v) is 19.1. The molecule has 0 unspecified atom stereocenters. The zero-order chi connectivity index (χ0) is 21.0. The van der Waals surface area contributed by atoms with E-state index in [2.05, 4.69) is 15.9 Å². The van der Waals surface area contributed by atoms with Gasteiger partial charge in [0.05, 0.1) is 17.0 Å². The first-order chi connectivity index (χ1) is 13.8. The van der Waals surface area contributed by atoms with Crippen molar-refractivity contribution in [1.29, 1.82) is 5.26 Å². The van der Waals surface area contributed by atoms with Gasteiger partial charge in [0, 0.05) is 47.5 Å². The summed E-state index contributed by atoms with van der Waals surface area (Å²) in [5.74, 6) is -0.0161. The van der Waals surface area contributed by atoms with Crippen molar-refractivity contribution < 1.29 is 13.2 Å². The van der Waals surface area contributed by atoms with Crippen molar-refractivity contribution in [3.8, 4) is 6.07 Å². The quantitative estimate of drug-likeness (QED) is 0.612. The number of rotatable bonds is 6. The summed E-state index contributed by atoms with van der Waals surface area (Å²) in [6.45, 7) is 2.07. The zero-order valence-electron chi connectivity index (χ0n) is 15.9. The third kappa shape index (κ3) is 5.24. The van der Waals surface area contributed by atoms with Crippen LogP contribution in [0, 0.1) is 11.3 Å². The largest absolute Gasteiger partial charge is 0.339 e. The van der Waals surface area contributed by atoms with E-state index in [1.54, 1.807) is 28.4 Å². The number of benzene rings is 1. The first-order valence-electron chi connectivity index (χ1n) is 9.00. The van der Waals surface area contributed by atoms with Gasteiger partial charge in [-0.2, -0.15) is 9.57 Å². The van der Waals surface area contributed by atoms with Gasteiger partial charge in [-0.1, -0.05) is 12.1 Å². The molecule has 1 aromatic heterocycles. The molecule has 154 valence electrons. The van der Waals surface area contributed by atoms with Crippen LogP contribution in [0.4, 0.5) is 0 Å². The van der Waals surface area contributed by atoms with Crippen LogP contribution in [0.5, 0.6) is 0 Å². The lowest BCUT2D eigenvalue weighted by molar-refractivity contribution is -0.133. The lowest BCUT2D eigenvalue weighted by Crippen LogP contribution is -2.52. The Kier molecular flexibility index (Phi) is 7.08. The summed E-state index contributed by atoms with van der Waals surface area (Å²) in [5.41, 5.74) is 0.132. The molecule has 0 radical (unpaired) electrons. The van der Waals surface area contributed by atoms with E-state index in [0.29, 0.717) is 19.6 Å². The Morgan fingerprint density at radius 1 is 1.28 bits per heavy atom. The van der Waals surface area contributed by atoms with Gasteiger partial charge in [-0.15, -0.1) is 11.3 Å². The van der Waals surface area contributed by atoms with Gasteiger partial charge in [-0.3, -0.25) is 9.69 Å². The molecule has 0 bridgehead atoms. The monoisotopic (exact) mass is 496 g/mol. The van der Waals surface area contributed by atoms with Gasteiger partial charge in [0.15, 0.2) is 0 Å². The Bertz CT molecular complexity index is 1020. The van der Waals surface area contributed by atoms with Gasteiger partial charge >= 0.3 is 0 Å². The molecule has 0 N–H and O–H groups in total. The van der Waals surface area contributed by atoms with Gasteiger partial charge in [-0.05, 0) is 41.2 Å². The minimum atomic E-state index is -3.76. The Balaban J connectivity index is 1.57. The second-order valence-corrected chi connectivity index (χ2v) is 10.6. The average Bonchev–Trinajstić information content (AvgIpc) is 3.12. The molecule has 0 spiro atoms. The van der Waals surface area contributed by atoms with Crippen LogP contribution in [0.3, 0.4) is 0 Å². The molecule has 0 atom stereocenters. The SMILES string of the molecule is CN(CC(=O)N1CCN(S(=O)(=O)c2ccccc2C#N)CC1)Cc1cc(Br)cs1. The highest BCUT2D eigenvalue weighted by Crippen LogP contribution is 2.22. The normalized spacial score (nSPS) is 15.4. The van der Waals surface area contributed by atoms with Crippen molar-refractivity contribution in [2.45, 2.75) is 11.4 Å². The molecule has 10 heteroatoms. The molecule has 2 aromatic rings. The number of nitrogens with zero attached hydrogens (tertiary/aromatic N) is 4. The predicted octanol–water partition coefficient (Wildman–Crippen LogP) is 2.35. The average molecular weight is 497 g/mol. The number of piperazine rings is 1. The fourth-order valence-electron chi connectivity index (χ4n) is 3.19. The summed E-state index contributed by atoms with van der Waals surface area (Å²) in [5, 5.41) is 11.2. The Morgan fingerprint density at radius 3 is 2.59 bits per heavy atom. The van der Waals surface area contributed by atoms with Gasteiger partial charge in [0.25, 0.3) is 0 Å². The van der Waals surface area contributed by atoms with Crippen LogP contribution in [-0.4, -0.2) is 68.2 Å². The minimum absolute atomic E-state index is 0.0161. The number of hydrogen-bond acceptors (Lipinski definition) is 6. The van der Waals surface area contributed by atoms with E-state index >= 15 is 0 Å². The molecule has 3 rings (SSSR count). The van der Waals surface area contributed by atoms with E-state index in [-0.39, 0.29) is 36.0 Å². The number of carbonyl (C=O) groups excluding carboxylic acids is 1. The molecule has 1 aliphatic rings. The van der Waals surface area contributed by atoms with Crippen LogP contribution in [-0.2, 0) is 21.4 Å². The van der Waals surface area contributed by atoms with E-state index in [9.17, 15) is 18.5 Å². The summed E-state index contributed by atoms with van der Waals surface area (Å²) in [7, 11) is -1.86. The van der Waals surface area contributed by atoms with Crippen LogP contribution < -0.4 is 0 Å². The number of nitriles is 1. The maximum Gasteiger partial charge on any atom is 0.244 e. The van der Waals surface area contributed by atoms with Crippen LogP contribution in [0.1, 0.15) is 10.4 Å². The van der Waals surface area contributed by atoms with E-state index in [0.717, 1.165) is 4.47 Å². The second kappa shape index (κ2) is 9.36. The first kappa shape index (κ1) is 21.9. The van der Waals surface area contributed by atoms with Crippen LogP contribution in [0.2, 0.25) is 0 Å². The number of thiophene rings is 1. The van der Waals surface area contributed by atoms with Gasteiger partial charge < -0.3 is 4.90 Å². The molecular formula is C19H21BrN4O3S2. The van der Waals surface area contributed by atoms with Gasteiger partial charge in [0.2, 0.25) is 15.9 Å². The number of amides is 1. The van der Waals surface area contributed by atoms with E-state index in [1.165, 1.54) is 21.3 Å². The van der Waals surface area contributed by atoms with Crippen molar-refractivity contribution in [3.05, 3.63) is 50.6 Å². The molecule has 0 saturated carbocycles. The van der Waals surface area contributed by atoms with E-state index < -0.39 is 10.0 Å². The lowest BCUT2D eigenvalue weighted by atomic mass is 10.2. The summed E-state index contributed by atoms with van der Waals surface area (Å²) in [4.78, 5) is 17.4. The fraction of sp³-hybridized carbons (Fsp3) is 0.368. The summed E-state index contributed by atoms with van der Waals surface area (Å²) in [6, 6.07) is 10.2. The minimum Gasteiger partial charge on any atom is -0.339 e. The topological polar surface area (TPSA) is 84.7 Å². The highest BCUT2D eigenvalue weighted by Gasteiger charge is 2.31. The maximum atomic E-state index is 12.9. The van der Waals surface area contributed by atoms with Crippen molar-refractivity contribution in [3.63, 3.8) is 0 Å². The third-order valence-corrected chi connectivity index (χ3v) is 8.31. The predicted molar refractivity (Wildman–Crippen MR) is 115 cm³/mol. The Hall–Kier alpha value is -1.77. The lowest BCUT2D eigenvalue weighted by Gasteiger charge is -2.34. The Labute approximate surface area is 183 Å². The number of hydrogen-bond donors (Lipinski definition) is 0. The highest BCUT2D eigenvalue weighted by molar-refractivity contribution is 9.10. The molecule has 1 aromatic carbocycles. The van der Waals surface area contributed by atoms with Crippen LogP contribution >= 0.6 is 27.3 Å². The van der Waals surface area contributed by atoms with Crippen molar-refractivity contribution >= 4 is 43.2 Å². The number of likely N-dealkylation sites (N-methyl/N-ethyl adjacent to an activating group) is 1. The summed E-state index contributed by atoms with van der Waals surface area (Å²) >= 11 is 5.06. The molecule has 2 heterocycles. The molecule has 1 aliphatic heterocycles. The number of sulfonamides is 1. The van der Waals surface area contributed by atoms with Crippen molar-refractivity contribution in [2.75, 3.05) is 39.8 Å². The smallest absolute Gasteiger partial charge is 0.244 e. The fourth-order valence-corrected chi connectivity index (χ4v) is 6.28. The maximum absolute atomic E-state index is 12.9. The van der Waals surface area contributed by atoms with Crippen molar-refractivity contribution in [2.24, 2.45) is 0 Å². The standard InChI is InChI=1S/C19H21BrN4O3S2/c1-22(12-17-10-16(20)14-28-17)13-19(25)23-6-8-24(9-7-23)29(26,27)18-5-3-2-4-15(18)11-21/h2-5,10,14H,6-9,12-13H2,1H3. The molecular weight excluding hydrogens is 476 g/mol. The second-order valence-electron chi connectivity index (χ2n) is 6.80. The highest BCUT2D eigenvalue weighted by atomic mass is 79.9. The third-order valence-electron chi connectivity index (χ3n) is 4.67. The van der Waals surface area contributed by atoms with Gasteiger partial charge in [0.1, 0.15) is 6.07 Å². The number of carbonyl (C=O) groups is 1. The van der Waals surface area contributed by atoms with Crippen molar-refractivity contribution in [1.82, 2.24) is 14.1 Å².